The van der Waals surface area contributed by atoms with Crippen molar-refractivity contribution in [2.75, 3.05) is 0 Å². The van der Waals surface area contributed by atoms with Crippen LogP contribution in [0.1, 0.15) is 17.4 Å². The van der Waals surface area contributed by atoms with Crippen LogP contribution in [0.3, 0.4) is 0 Å². The van der Waals surface area contributed by atoms with Gasteiger partial charge in [0.05, 0.1) is 0 Å². The predicted molar refractivity (Wildman–Crippen MR) is 60.3 cm³/mol. The maximum absolute atomic E-state index is 6.10. The Balaban J connectivity index is 2.11. The summed E-state index contributed by atoms with van der Waals surface area (Å²) in [6, 6.07) is 10.1. The molecule has 0 aliphatic rings. The molecule has 0 radical (unpaired) electrons. The highest BCUT2D eigenvalue weighted by Crippen LogP contribution is 2.13. The Morgan fingerprint density at radius 1 is 1.33 bits per heavy atom. The molecule has 0 aliphatic heterocycles. The van der Waals surface area contributed by atoms with Gasteiger partial charge in [-0.1, -0.05) is 30.3 Å². The van der Waals surface area contributed by atoms with Crippen molar-refractivity contribution in [2.24, 2.45) is 12.8 Å². The zero-order chi connectivity index (χ0) is 10.7. The van der Waals surface area contributed by atoms with Gasteiger partial charge in [-0.15, -0.1) is 0 Å². The van der Waals surface area contributed by atoms with Crippen LogP contribution in [0.2, 0.25) is 0 Å². The van der Waals surface area contributed by atoms with Gasteiger partial charge in [-0.2, -0.15) is 0 Å². The molecule has 0 spiro atoms. The van der Waals surface area contributed by atoms with Crippen LogP contribution >= 0.6 is 0 Å². The molecule has 0 fully saturated rings. The average Bonchev–Trinajstić information content (AvgIpc) is 2.66. The Morgan fingerprint density at radius 3 is 2.67 bits per heavy atom. The lowest BCUT2D eigenvalue weighted by Crippen LogP contribution is -2.15. The van der Waals surface area contributed by atoms with Crippen LogP contribution < -0.4 is 5.73 Å². The van der Waals surface area contributed by atoms with E-state index in [1.54, 1.807) is 6.20 Å². The van der Waals surface area contributed by atoms with Crippen LogP contribution in [0, 0.1) is 0 Å². The lowest BCUT2D eigenvalue weighted by atomic mass is 10.0. The lowest BCUT2D eigenvalue weighted by Gasteiger charge is -2.11. The number of aromatic nitrogens is 2. The number of imidazole rings is 1. The number of hydrogen-bond acceptors (Lipinski definition) is 2. The van der Waals surface area contributed by atoms with Gasteiger partial charge in [-0.25, -0.2) is 4.98 Å². The molecule has 78 valence electrons. The summed E-state index contributed by atoms with van der Waals surface area (Å²) in [4.78, 5) is 4.26. The summed E-state index contributed by atoms with van der Waals surface area (Å²) >= 11 is 0. The van der Waals surface area contributed by atoms with E-state index in [1.165, 1.54) is 0 Å². The number of aryl methyl sites for hydroxylation is 1. The van der Waals surface area contributed by atoms with E-state index in [0.717, 1.165) is 17.8 Å². The first-order valence-corrected chi connectivity index (χ1v) is 5.04. The van der Waals surface area contributed by atoms with Gasteiger partial charge in [0.1, 0.15) is 5.82 Å². The smallest absolute Gasteiger partial charge is 0.110 e. The number of benzene rings is 1. The standard InChI is InChI=1S/C12H15N3/c1-15-8-7-14-12(15)9-11(13)10-5-3-2-4-6-10/h2-8,11H,9,13H2,1H3. The molecule has 0 aliphatic carbocycles. The van der Waals surface area contributed by atoms with E-state index < -0.39 is 0 Å². The second-order valence-corrected chi connectivity index (χ2v) is 3.68. The van der Waals surface area contributed by atoms with E-state index >= 15 is 0 Å². The van der Waals surface area contributed by atoms with Gasteiger partial charge in [-0.05, 0) is 5.56 Å². The molecule has 2 N–H and O–H groups in total. The van der Waals surface area contributed by atoms with Crippen LogP contribution in [-0.4, -0.2) is 9.55 Å². The maximum atomic E-state index is 6.10. The minimum atomic E-state index is 0.0206. The Morgan fingerprint density at radius 2 is 2.07 bits per heavy atom. The van der Waals surface area contributed by atoms with Crippen molar-refractivity contribution in [1.29, 1.82) is 0 Å². The molecule has 2 rings (SSSR count). The van der Waals surface area contributed by atoms with E-state index in [9.17, 15) is 0 Å². The topological polar surface area (TPSA) is 43.8 Å². The molecule has 1 aromatic carbocycles. The SMILES string of the molecule is Cn1ccnc1CC(N)c1ccccc1. The van der Waals surface area contributed by atoms with Crippen molar-refractivity contribution in [1.82, 2.24) is 9.55 Å². The van der Waals surface area contributed by atoms with Crippen molar-refractivity contribution < 1.29 is 0 Å². The molecule has 0 amide bonds. The molecule has 15 heavy (non-hydrogen) atoms. The van der Waals surface area contributed by atoms with Gasteiger partial charge in [0.25, 0.3) is 0 Å². The molecule has 0 saturated carbocycles. The van der Waals surface area contributed by atoms with E-state index in [0.29, 0.717) is 0 Å². The molecule has 2 aromatic rings. The first-order chi connectivity index (χ1) is 7.27. The van der Waals surface area contributed by atoms with Gasteiger partial charge >= 0.3 is 0 Å². The minimum Gasteiger partial charge on any atom is -0.338 e. The van der Waals surface area contributed by atoms with E-state index in [2.05, 4.69) is 4.98 Å². The molecule has 0 saturated heterocycles. The van der Waals surface area contributed by atoms with Gasteiger partial charge in [0.2, 0.25) is 0 Å². The van der Waals surface area contributed by atoms with Crippen LogP contribution in [0.4, 0.5) is 0 Å². The van der Waals surface area contributed by atoms with E-state index in [-0.39, 0.29) is 6.04 Å². The minimum absolute atomic E-state index is 0.0206. The summed E-state index contributed by atoms with van der Waals surface area (Å²) in [5.74, 6) is 1.02. The first kappa shape index (κ1) is 9.93. The molecular formula is C12H15N3. The molecule has 1 atom stereocenters. The fraction of sp³-hybridized carbons (Fsp3) is 0.250. The molecule has 3 nitrogen and oxygen atoms in total. The van der Waals surface area contributed by atoms with Crippen LogP contribution in [-0.2, 0) is 13.5 Å². The molecule has 3 heteroatoms. The molecule has 1 unspecified atom stereocenters. The van der Waals surface area contributed by atoms with Crippen LogP contribution in [0.15, 0.2) is 42.7 Å². The number of hydrogen-bond donors (Lipinski definition) is 1. The van der Waals surface area contributed by atoms with Crippen molar-refractivity contribution >= 4 is 0 Å². The van der Waals surface area contributed by atoms with Crippen molar-refractivity contribution in [2.45, 2.75) is 12.5 Å². The van der Waals surface area contributed by atoms with Gasteiger partial charge in [-0.3, -0.25) is 0 Å². The monoisotopic (exact) mass is 201 g/mol. The third-order valence-corrected chi connectivity index (χ3v) is 2.55. The zero-order valence-electron chi connectivity index (χ0n) is 8.80. The molecule has 0 bridgehead atoms. The largest absolute Gasteiger partial charge is 0.338 e. The third kappa shape index (κ3) is 2.25. The highest BCUT2D eigenvalue weighted by molar-refractivity contribution is 5.19. The zero-order valence-corrected chi connectivity index (χ0v) is 8.80. The molecule has 1 heterocycles. The van der Waals surface area contributed by atoms with Crippen molar-refractivity contribution in [3.05, 3.63) is 54.1 Å². The number of nitrogens with two attached hydrogens (primary N) is 1. The quantitative estimate of drug-likeness (QED) is 0.820. The number of rotatable bonds is 3. The molecular weight excluding hydrogens is 186 g/mol. The summed E-state index contributed by atoms with van der Waals surface area (Å²) in [6.07, 6.45) is 4.51. The van der Waals surface area contributed by atoms with Crippen LogP contribution in [0.25, 0.3) is 0 Å². The Hall–Kier alpha value is -1.61. The van der Waals surface area contributed by atoms with Gasteiger partial charge in [0, 0.05) is 31.9 Å². The number of nitrogens with zero attached hydrogens (tertiary/aromatic N) is 2. The summed E-state index contributed by atoms with van der Waals surface area (Å²) in [6.45, 7) is 0. The summed E-state index contributed by atoms with van der Waals surface area (Å²) < 4.78 is 2.00. The Kier molecular flexibility index (Phi) is 2.83. The van der Waals surface area contributed by atoms with Crippen molar-refractivity contribution in [3.8, 4) is 0 Å². The second kappa shape index (κ2) is 4.28. The summed E-state index contributed by atoms with van der Waals surface area (Å²) in [5, 5.41) is 0. The van der Waals surface area contributed by atoms with E-state index in [1.807, 2.05) is 48.1 Å². The Labute approximate surface area is 89.6 Å². The second-order valence-electron chi connectivity index (χ2n) is 3.68. The first-order valence-electron chi connectivity index (χ1n) is 5.04. The Bertz CT molecular complexity index is 419. The summed E-state index contributed by atoms with van der Waals surface area (Å²) in [7, 11) is 1.99. The summed E-state index contributed by atoms with van der Waals surface area (Å²) in [5.41, 5.74) is 7.26. The maximum Gasteiger partial charge on any atom is 0.110 e. The molecule has 1 aromatic heterocycles. The third-order valence-electron chi connectivity index (χ3n) is 2.55. The predicted octanol–water partition coefficient (Wildman–Crippen LogP) is 1.66. The highest BCUT2D eigenvalue weighted by Gasteiger charge is 2.08. The van der Waals surface area contributed by atoms with Gasteiger partial charge in [0.15, 0.2) is 0 Å². The highest BCUT2D eigenvalue weighted by atomic mass is 15.0. The average molecular weight is 201 g/mol. The fourth-order valence-electron chi connectivity index (χ4n) is 1.61. The van der Waals surface area contributed by atoms with Crippen molar-refractivity contribution in [3.63, 3.8) is 0 Å². The lowest BCUT2D eigenvalue weighted by molar-refractivity contribution is 0.659. The fourth-order valence-corrected chi connectivity index (χ4v) is 1.61. The van der Waals surface area contributed by atoms with E-state index in [4.69, 9.17) is 5.73 Å². The van der Waals surface area contributed by atoms with Crippen LogP contribution in [0.5, 0.6) is 0 Å². The normalized spacial score (nSPS) is 12.7. The van der Waals surface area contributed by atoms with Gasteiger partial charge < -0.3 is 10.3 Å².